The monoisotopic (exact) mass is 266 g/mol. The molecule has 7 nitrogen and oxygen atoms in total. The van der Waals surface area contributed by atoms with Crippen molar-refractivity contribution in [2.75, 3.05) is 0 Å². The molecule has 1 unspecified atom stereocenters. The number of hydrogen-bond acceptors (Lipinski definition) is 5. The lowest BCUT2D eigenvalue weighted by molar-refractivity contribution is -0.385. The maximum absolute atomic E-state index is 11.7. The third-order valence-electron chi connectivity index (χ3n) is 3.03. The molecule has 1 fully saturated rings. The van der Waals surface area contributed by atoms with Crippen LogP contribution in [0, 0.1) is 10.1 Å². The van der Waals surface area contributed by atoms with Crippen LogP contribution >= 0.6 is 0 Å². The molecule has 1 aliphatic heterocycles. The van der Waals surface area contributed by atoms with Gasteiger partial charge >= 0.3 is 6.09 Å². The van der Waals surface area contributed by atoms with E-state index in [0.717, 1.165) is 4.90 Å². The summed E-state index contributed by atoms with van der Waals surface area (Å²) in [5.74, 6) is 0. The molecule has 7 heteroatoms. The SMILES string of the molecule is CC1(C)OC(=O)N(Cc2ccccc2[N+](=O)[O-])C1O. The number of nitrogens with zero attached hydrogens (tertiary/aromatic N) is 2. The number of nitro benzene ring substituents is 1. The molecule has 0 bridgehead atoms. The fraction of sp³-hybridized carbons (Fsp3) is 0.417. The topological polar surface area (TPSA) is 92.9 Å². The quantitative estimate of drug-likeness (QED) is 0.663. The van der Waals surface area contributed by atoms with Crippen LogP contribution in [-0.4, -0.2) is 32.9 Å². The molecule has 1 aromatic carbocycles. The number of hydrogen-bond donors (Lipinski definition) is 1. The van der Waals surface area contributed by atoms with Crippen molar-refractivity contribution in [3.05, 3.63) is 39.9 Å². The summed E-state index contributed by atoms with van der Waals surface area (Å²) in [6.45, 7) is 3.09. The van der Waals surface area contributed by atoms with Gasteiger partial charge in [-0.25, -0.2) is 4.79 Å². The molecule has 0 saturated carbocycles. The molecule has 19 heavy (non-hydrogen) atoms. The molecule has 102 valence electrons. The normalized spacial score (nSPS) is 21.3. The van der Waals surface area contributed by atoms with E-state index in [1.54, 1.807) is 32.0 Å². The van der Waals surface area contributed by atoms with Crippen LogP contribution in [0.4, 0.5) is 10.5 Å². The van der Waals surface area contributed by atoms with Crippen molar-refractivity contribution in [2.45, 2.75) is 32.2 Å². The average molecular weight is 266 g/mol. The Hall–Kier alpha value is -2.15. The second-order valence-electron chi connectivity index (χ2n) is 4.86. The molecule has 1 aliphatic rings. The van der Waals surface area contributed by atoms with Crippen LogP contribution < -0.4 is 0 Å². The second-order valence-corrected chi connectivity index (χ2v) is 4.86. The van der Waals surface area contributed by atoms with Gasteiger partial charge in [0.15, 0.2) is 11.8 Å². The minimum absolute atomic E-state index is 0.0689. The number of carbonyl (C=O) groups excluding carboxylic acids is 1. The highest BCUT2D eigenvalue weighted by Gasteiger charge is 2.47. The number of aliphatic hydroxyl groups is 1. The summed E-state index contributed by atoms with van der Waals surface area (Å²) in [5, 5.41) is 20.9. The zero-order valence-electron chi connectivity index (χ0n) is 10.6. The number of rotatable bonds is 3. The molecule has 1 aromatic rings. The van der Waals surface area contributed by atoms with E-state index >= 15 is 0 Å². The predicted octanol–water partition coefficient (Wildman–Crippen LogP) is 1.64. The molecular weight excluding hydrogens is 252 g/mol. The number of cyclic esters (lactones) is 1. The Kier molecular flexibility index (Phi) is 3.15. The van der Waals surface area contributed by atoms with Crippen molar-refractivity contribution in [1.29, 1.82) is 0 Å². The van der Waals surface area contributed by atoms with Gasteiger partial charge in [0, 0.05) is 11.6 Å². The summed E-state index contributed by atoms with van der Waals surface area (Å²) in [6.07, 6.45) is -1.82. The second kappa shape index (κ2) is 4.51. The van der Waals surface area contributed by atoms with Gasteiger partial charge in [-0.05, 0) is 13.8 Å². The van der Waals surface area contributed by atoms with E-state index < -0.39 is 22.8 Å². The fourth-order valence-electron chi connectivity index (χ4n) is 1.97. The summed E-state index contributed by atoms with van der Waals surface area (Å²) in [7, 11) is 0. The largest absolute Gasteiger partial charge is 0.439 e. The summed E-state index contributed by atoms with van der Waals surface area (Å²) in [5.41, 5.74) is -0.769. The zero-order valence-corrected chi connectivity index (χ0v) is 10.6. The van der Waals surface area contributed by atoms with Gasteiger partial charge in [0.1, 0.15) is 0 Å². The maximum Gasteiger partial charge on any atom is 0.412 e. The van der Waals surface area contributed by atoms with Crippen molar-refractivity contribution in [2.24, 2.45) is 0 Å². The molecule has 1 atom stereocenters. The highest BCUT2D eigenvalue weighted by atomic mass is 16.6. The van der Waals surface area contributed by atoms with E-state index in [2.05, 4.69) is 0 Å². The Labute approximate surface area is 109 Å². The zero-order chi connectivity index (χ0) is 14.2. The van der Waals surface area contributed by atoms with Gasteiger partial charge in [0.05, 0.1) is 11.5 Å². The van der Waals surface area contributed by atoms with E-state index in [-0.39, 0.29) is 12.2 Å². The van der Waals surface area contributed by atoms with E-state index in [9.17, 15) is 20.0 Å². The van der Waals surface area contributed by atoms with Gasteiger partial charge in [0.2, 0.25) is 0 Å². The molecule has 1 heterocycles. The van der Waals surface area contributed by atoms with Crippen LogP contribution in [0.25, 0.3) is 0 Å². The van der Waals surface area contributed by atoms with Crippen LogP contribution in [0.2, 0.25) is 0 Å². The Bertz CT molecular complexity index is 529. The lowest BCUT2D eigenvalue weighted by Crippen LogP contribution is -2.40. The standard InChI is InChI=1S/C12H14N2O5/c1-12(2)10(15)13(11(16)19-12)7-8-5-3-4-6-9(8)14(17)18/h3-6,10,15H,7H2,1-2H3. The number of aliphatic hydroxyl groups excluding tert-OH is 1. The van der Waals surface area contributed by atoms with E-state index in [1.165, 1.54) is 6.07 Å². The lowest BCUT2D eigenvalue weighted by Gasteiger charge is -2.23. The van der Waals surface area contributed by atoms with Gasteiger partial charge in [0.25, 0.3) is 5.69 Å². The number of para-hydroxylation sites is 1. The third-order valence-corrected chi connectivity index (χ3v) is 3.03. The van der Waals surface area contributed by atoms with Crippen LogP contribution in [0.5, 0.6) is 0 Å². The molecule has 0 aromatic heterocycles. The first-order chi connectivity index (χ1) is 8.83. The van der Waals surface area contributed by atoms with Crippen molar-refractivity contribution < 1.29 is 19.6 Å². The molecule has 1 saturated heterocycles. The maximum atomic E-state index is 11.7. The molecule has 2 rings (SSSR count). The van der Waals surface area contributed by atoms with Crippen LogP contribution in [-0.2, 0) is 11.3 Å². The fourth-order valence-corrected chi connectivity index (χ4v) is 1.97. The summed E-state index contributed by atoms with van der Waals surface area (Å²) >= 11 is 0. The molecule has 1 amide bonds. The summed E-state index contributed by atoms with van der Waals surface area (Å²) < 4.78 is 5.01. The van der Waals surface area contributed by atoms with Crippen LogP contribution in [0.3, 0.4) is 0 Å². The number of carbonyl (C=O) groups is 1. The van der Waals surface area contributed by atoms with E-state index in [1.807, 2.05) is 0 Å². The van der Waals surface area contributed by atoms with Gasteiger partial charge in [-0.15, -0.1) is 0 Å². The lowest BCUT2D eigenvalue weighted by atomic mass is 10.1. The van der Waals surface area contributed by atoms with Gasteiger partial charge in [-0.2, -0.15) is 0 Å². The highest BCUT2D eigenvalue weighted by Crippen LogP contribution is 2.30. The molecule has 0 spiro atoms. The summed E-state index contributed by atoms with van der Waals surface area (Å²) in [4.78, 5) is 23.1. The Morgan fingerprint density at radius 1 is 1.47 bits per heavy atom. The molecule has 0 radical (unpaired) electrons. The minimum atomic E-state index is -1.14. The molecule has 0 aliphatic carbocycles. The average Bonchev–Trinajstić information content (AvgIpc) is 2.52. The Morgan fingerprint density at radius 3 is 2.63 bits per heavy atom. The van der Waals surface area contributed by atoms with Gasteiger partial charge in [-0.3, -0.25) is 15.0 Å². The van der Waals surface area contributed by atoms with Crippen LogP contribution in [0.15, 0.2) is 24.3 Å². The third kappa shape index (κ3) is 2.37. The highest BCUT2D eigenvalue weighted by molar-refractivity contribution is 5.71. The first kappa shape index (κ1) is 13.3. The number of nitro groups is 1. The van der Waals surface area contributed by atoms with Crippen molar-refractivity contribution in [1.82, 2.24) is 4.90 Å². The Balaban J connectivity index is 2.27. The molecule has 1 N–H and O–H groups in total. The minimum Gasteiger partial charge on any atom is -0.439 e. The Morgan fingerprint density at radius 2 is 2.11 bits per heavy atom. The molecular formula is C12H14N2O5. The first-order valence-corrected chi connectivity index (χ1v) is 5.73. The van der Waals surface area contributed by atoms with Gasteiger partial charge in [-0.1, -0.05) is 18.2 Å². The first-order valence-electron chi connectivity index (χ1n) is 5.73. The predicted molar refractivity (Wildman–Crippen MR) is 65.2 cm³/mol. The number of ether oxygens (including phenoxy) is 1. The van der Waals surface area contributed by atoms with E-state index in [0.29, 0.717) is 5.56 Å². The summed E-state index contributed by atoms with van der Waals surface area (Å²) in [6, 6.07) is 6.09. The van der Waals surface area contributed by atoms with Crippen LogP contribution in [0.1, 0.15) is 19.4 Å². The van der Waals surface area contributed by atoms with Crippen molar-refractivity contribution in [3.63, 3.8) is 0 Å². The van der Waals surface area contributed by atoms with Crippen molar-refractivity contribution in [3.8, 4) is 0 Å². The van der Waals surface area contributed by atoms with Crippen molar-refractivity contribution >= 4 is 11.8 Å². The number of amides is 1. The smallest absolute Gasteiger partial charge is 0.412 e. The van der Waals surface area contributed by atoms with Gasteiger partial charge < -0.3 is 9.84 Å². The number of benzene rings is 1. The van der Waals surface area contributed by atoms with E-state index in [4.69, 9.17) is 4.74 Å².